The van der Waals surface area contributed by atoms with Gasteiger partial charge in [-0.05, 0) is 0 Å². The number of hydrogen-bond acceptors (Lipinski definition) is 2. The molecule has 0 radical (unpaired) electrons. The van der Waals surface area contributed by atoms with Gasteiger partial charge in [-0.25, -0.2) is 0 Å². The highest BCUT2D eigenvalue weighted by molar-refractivity contribution is 5.03. The summed E-state index contributed by atoms with van der Waals surface area (Å²) in [6, 6.07) is -0.239. The van der Waals surface area contributed by atoms with Gasteiger partial charge >= 0.3 is 24.1 Å². The first-order valence-electron chi connectivity index (χ1n) is 7.97. The summed E-state index contributed by atoms with van der Waals surface area (Å²) in [6.07, 6.45) is -20.6. The third-order valence-electron chi connectivity index (χ3n) is 4.21. The second-order valence-corrected chi connectivity index (χ2v) is 5.60. The van der Waals surface area contributed by atoms with Gasteiger partial charge < -0.3 is 14.7 Å². The van der Waals surface area contributed by atoms with E-state index in [2.05, 4.69) is 4.74 Å². The molecule has 2 heterocycles. The van der Waals surface area contributed by atoms with Crippen LogP contribution in [0.15, 0.2) is 0 Å². The number of aliphatic hydroxyl groups is 1. The monoisotopic (exact) mass is 408 g/mol. The molecule has 2 rings (SSSR count). The molecule has 26 heavy (non-hydrogen) atoms. The van der Waals surface area contributed by atoms with E-state index in [-0.39, 0.29) is 19.0 Å². The van der Waals surface area contributed by atoms with Gasteiger partial charge in [0.15, 0.2) is 0 Å². The van der Waals surface area contributed by atoms with Crippen LogP contribution in [-0.4, -0.2) is 61.6 Å². The molecular formula is C14H23F9NO2+. The number of nitrogens with one attached hydrogen (secondary N) is 1. The van der Waals surface area contributed by atoms with Crippen molar-refractivity contribution in [2.45, 2.75) is 69.4 Å². The minimum Gasteiger partial charge on any atom is -0.400 e. The van der Waals surface area contributed by atoms with Crippen LogP contribution in [0.25, 0.3) is 0 Å². The number of hydrogen-bond donors (Lipinski definition) is 2. The van der Waals surface area contributed by atoms with Crippen molar-refractivity contribution in [3.63, 3.8) is 0 Å². The summed E-state index contributed by atoms with van der Waals surface area (Å²) in [5.74, 6) is 0. The number of aliphatic hydroxyl groups excluding tert-OH is 1. The largest absolute Gasteiger partial charge is 0.435 e. The molecule has 12 heteroatoms. The fourth-order valence-electron chi connectivity index (χ4n) is 3.25. The van der Waals surface area contributed by atoms with E-state index in [4.69, 9.17) is 5.11 Å². The first-order chi connectivity index (χ1) is 11.8. The Balaban J connectivity index is 0.00000146. The van der Waals surface area contributed by atoms with Crippen molar-refractivity contribution in [2.75, 3.05) is 20.2 Å². The molecule has 2 fully saturated rings. The Bertz CT molecular complexity index is 372. The molecule has 0 aromatic heterocycles. The van der Waals surface area contributed by atoms with Crippen LogP contribution in [0.5, 0.6) is 0 Å². The molecule has 2 unspecified atom stereocenters. The smallest absolute Gasteiger partial charge is 0.400 e. The van der Waals surface area contributed by atoms with Gasteiger partial charge in [0.25, 0.3) is 0 Å². The number of fused-ring (bicyclic) bond motifs is 1. The van der Waals surface area contributed by atoms with Crippen molar-refractivity contribution in [3.8, 4) is 0 Å². The van der Waals surface area contributed by atoms with Crippen LogP contribution in [0, 0.1) is 0 Å². The summed E-state index contributed by atoms with van der Waals surface area (Å²) < 4.78 is 118. The summed E-state index contributed by atoms with van der Waals surface area (Å²) in [7, 11) is 1.00. The molecule has 2 N–H and O–H groups in total. The third kappa shape index (κ3) is 4.75. The molecule has 158 valence electrons. The molecule has 0 spiro atoms. The Hall–Kier alpha value is -0.750. The molecule has 0 bridgehead atoms. The van der Waals surface area contributed by atoms with Gasteiger partial charge in [-0.3, -0.25) is 0 Å². The lowest BCUT2D eigenvalue weighted by molar-refractivity contribution is -0.900. The SMILES string of the molecule is CC.CO.FC(F)(F)C(O[C@@H]1CC2CCC[NH+]2C1)(C(F)(F)F)C(F)(F)F. The Kier molecular flexibility index (Phi) is 8.70. The molecule has 0 aromatic rings. The van der Waals surface area contributed by atoms with Crippen LogP contribution < -0.4 is 4.90 Å². The van der Waals surface area contributed by atoms with Gasteiger partial charge in [-0.2, -0.15) is 39.5 Å². The highest BCUT2D eigenvalue weighted by Crippen LogP contribution is 2.55. The molecule has 3 nitrogen and oxygen atoms in total. The summed E-state index contributed by atoms with van der Waals surface area (Å²) >= 11 is 0. The lowest BCUT2D eigenvalue weighted by atomic mass is 10.0. The zero-order chi connectivity index (χ0) is 21.0. The predicted molar refractivity (Wildman–Crippen MR) is 73.6 cm³/mol. The third-order valence-corrected chi connectivity index (χ3v) is 4.21. The topological polar surface area (TPSA) is 33.9 Å². The van der Waals surface area contributed by atoms with Gasteiger partial charge in [-0.15, -0.1) is 0 Å². The molecule has 0 aromatic carbocycles. The maximum absolute atomic E-state index is 12.7. The van der Waals surface area contributed by atoms with E-state index in [9.17, 15) is 39.5 Å². The average molecular weight is 408 g/mol. The second-order valence-electron chi connectivity index (χ2n) is 5.60. The lowest BCUT2D eigenvalue weighted by Gasteiger charge is -2.39. The summed E-state index contributed by atoms with van der Waals surface area (Å²) in [4.78, 5) is 0.699. The summed E-state index contributed by atoms with van der Waals surface area (Å²) in [6.45, 7) is 4.23. The molecule has 0 aliphatic carbocycles. The fraction of sp³-hybridized carbons (Fsp3) is 1.00. The molecular weight excluding hydrogens is 385 g/mol. The molecule has 2 saturated heterocycles. The van der Waals surface area contributed by atoms with Crippen molar-refractivity contribution in [1.82, 2.24) is 0 Å². The zero-order valence-corrected chi connectivity index (χ0v) is 14.4. The Morgan fingerprint density at radius 3 is 1.62 bits per heavy atom. The molecule has 0 saturated carbocycles. The Labute approximate surface area is 145 Å². The van der Waals surface area contributed by atoms with E-state index in [1.165, 1.54) is 0 Å². The molecule has 2 aliphatic rings. The quantitative estimate of drug-likeness (QED) is 0.690. The van der Waals surface area contributed by atoms with Crippen LogP contribution in [0.2, 0.25) is 0 Å². The first-order valence-corrected chi connectivity index (χ1v) is 7.97. The van der Waals surface area contributed by atoms with Crippen molar-refractivity contribution in [1.29, 1.82) is 0 Å². The number of alkyl halides is 9. The number of rotatable bonds is 2. The summed E-state index contributed by atoms with van der Waals surface area (Å²) in [5.41, 5.74) is -6.14. The Morgan fingerprint density at radius 1 is 0.846 bits per heavy atom. The normalized spacial score (nSPS) is 26.4. The maximum atomic E-state index is 12.7. The van der Waals surface area contributed by atoms with Crippen LogP contribution in [0.1, 0.15) is 33.1 Å². The van der Waals surface area contributed by atoms with E-state index in [1.807, 2.05) is 13.8 Å². The van der Waals surface area contributed by atoms with Gasteiger partial charge in [0, 0.05) is 26.4 Å². The predicted octanol–water partition coefficient (Wildman–Crippen LogP) is 2.88. The van der Waals surface area contributed by atoms with Crippen molar-refractivity contribution < 1.29 is 54.3 Å². The van der Waals surface area contributed by atoms with Gasteiger partial charge in [0.1, 0.15) is 12.6 Å². The Morgan fingerprint density at radius 2 is 1.27 bits per heavy atom. The molecule has 2 aliphatic heterocycles. The highest BCUT2D eigenvalue weighted by atomic mass is 19.4. The van der Waals surface area contributed by atoms with E-state index < -0.39 is 30.2 Å². The lowest BCUT2D eigenvalue weighted by Crippen LogP contribution is -3.11. The molecule has 3 atom stereocenters. The van der Waals surface area contributed by atoms with Crippen LogP contribution in [0.4, 0.5) is 39.5 Å². The van der Waals surface area contributed by atoms with E-state index in [0.29, 0.717) is 17.9 Å². The summed E-state index contributed by atoms with van der Waals surface area (Å²) in [5, 5.41) is 7.00. The van der Waals surface area contributed by atoms with Crippen molar-refractivity contribution >= 4 is 0 Å². The maximum Gasteiger partial charge on any atom is 0.435 e. The van der Waals surface area contributed by atoms with Crippen LogP contribution in [-0.2, 0) is 4.74 Å². The van der Waals surface area contributed by atoms with Crippen molar-refractivity contribution in [3.05, 3.63) is 0 Å². The number of ether oxygens (including phenoxy) is 1. The van der Waals surface area contributed by atoms with E-state index in [0.717, 1.165) is 13.5 Å². The minimum atomic E-state index is -6.65. The zero-order valence-electron chi connectivity index (χ0n) is 14.4. The van der Waals surface area contributed by atoms with Crippen LogP contribution in [0.3, 0.4) is 0 Å². The highest BCUT2D eigenvalue weighted by Gasteiger charge is 2.86. The first kappa shape index (κ1) is 25.2. The fourth-order valence-corrected chi connectivity index (χ4v) is 3.25. The van der Waals surface area contributed by atoms with Crippen molar-refractivity contribution in [2.24, 2.45) is 0 Å². The molecule has 0 amide bonds. The van der Waals surface area contributed by atoms with Crippen LogP contribution >= 0.6 is 0 Å². The number of halogens is 9. The van der Waals surface area contributed by atoms with E-state index >= 15 is 0 Å². The average Bonchev–Trinajstić information content (AvgIpc) is 3.06. The standard InChI is InChI=1S/C11H12F9NO.C2H6.CH4O/c12-9(13,14)8(10(15,16)17,11(18,19)20)22-7-4-6-2-1-3-21(6)5-7;2*1-2/h6-7H,1-5H2;1-2H3;2H,1H3/p+1/t6?,7-;;/m1../s1. The van der Waals surface area contributed by atoms with Gasteiger partial charge in [0.05, 0.1) is 12.6 Å². The number of quaternary nitrogens is 1. The second kappa shape index (κ2) is 8.96. The van der Waals surface area contributed by atoms with E-state index in [1.54, 1.807) is 0 Å². The van der Waals surface area contributed by atoms with Gasteiger partial charge in [0.2, 0.25) is 0 Å². The van der Waals surface area contributed by atoms with Gasteiger partial charge in [-0.1, -0.05) is 13.8 Å². The minimum absolute atomic E-state index is 0.237.